The van der Waals surface area contributed by atoms with Crippen LogP contribution in [0.2, 0.25) is 5.02 Å². The van der Waals surface area contributed by atoms with Gasteiger partial charge in [0.05, 0.1) is 22.5 Å². The first-order valence-electron chi connectivity index (χ1n) is 7.99. The van der Waals surface area contributed by atoms with Gasteiger partial charge in [-0.15, -0.1) is 0 Å². The maximum Gasteiger partial charge on any atom is 0.255 e. The molecule has 126 valence electrons. The molecule has 24 heavy (non-hydrogen) atoms. The summed E-state index contributed by atoms with van der Waals surface area (Å²) in [5, 5.41) is 3.14. The number of pyridine rings is 1. The minimum atomic E-state index is -0.469. The first-order valence-corrected chi connectivity index (χ1v) is 8.37. The van der Waals surface area contributed by atoms with Crippen molar-refractivity contribution in [2.24, 2.45) is 5.92 Å². The number of amides is 1. The van der Waals surface area contributed by atoms with Crippen molar-refractivity contribution in [3.8, 4) is 0 Å². The largest absolute Gasteiger partial charge is 0.354 e. The van der Waals surface area contributed by atoms with E-state index in [9.17, 15) is 9.18 Å². The molecule has 1 aromatic carbocycles. The number of hydrogen-bond acceptors (Lipinski definition) is 3. The van der Waals surface area contributed by atoms with E-state index < -0.39 is 5.82 Å². The molecule has 0 saturated carbocycles. The van der Waals surface area contributed by atoms with Crippen LogP contribution in [0.25, 0.3) is 0 Å². The van der Waals surface area contributed by atoms with Crippen molar-refractivity contribution >= 4 is 28.9 Å². The van der Waals surface area contributed by atoms with Crippen LogP contribution in [-0.2, 0) is 0 Å². The number of likely N-dealkylation sites (tertiary alicyclic amines) is 1. The van der Waals surface area contributed by atoms with Gasteiger partial charge in [-0.2, -0.15) is 0 Å². The predicted octanol–water partition coefficient (Wildman–Crippen LogP) is 4.49. The highest BCUT2D eigenvalue weighted by Crippen LogP contribution is 2.24. The summed E-state index contributed by atoms with van der Waals surface area (Å²) in [4.78, 5) is 18.6. The van der Waals surface area contributed by atoms with Crippen molar-refractivity contribution in [3.05, 3.63) is 53.1 Å². The molecule has 1 N–H and O–H groups in total. The highest BCUT2D eigenvalue weighted by Gasteiger charge is 2.21. The number of carbonyl (C=O) groups is 1. The second-order valence-electron chi connectivity index (χ2n) is 6.19. The zero-order valence-corrected chi connectivity index (χ0v) is 14.2. The number of benzene rings is 1. The van der Waals surface area contributed by atoms with E-state index in [2.05, 4.69) is 17.2 Å². The molecule has 1 saturated heterocycles. The normalized spacial score (nSPS) is 15.4. The quantitative estimate of drug-likeness (QED) is 0.889. The highest BCUT2D eigenvalue weighted by molar-refractivity contribution is 6.31. The Balaban J connectivity index is 1.73. The fraction of sp³-hybridized carbons (Fsp3) is 0.333. The molecule has 0 aliphatic carbocycles. The Morgan fingerprint density at radius 3 is 2.71 bits per heavy atom. The summed E-state index contributed by atoms with van der Waals surface area (Å²) in [6, 6.07) is 6.13. The molecule has 6 heteroatoms. The average Bonchev–Trinajstić information content (AvgIpc) is 2.58. The molecule has 1 fully saturated rings. The summed E-state index contributed by atoms with van der Waals surface area (Å²) in [5.74, 6) is 0.196. The molecule has 1 aromatic heterocycles. The van der Waals surface area contributed by atoms with Crippen LogP contribution in [0.5, 0.6) is 0 Å². The third-order valence-electron chi connectivity index (χ3n) is 4.26. The second-order valence-corrected chi connectivity index (χ2v) is 6.60. The van der Waals surface area contributed by atoms with Crippen LogP contribution in [0.4, 0.5) is 15.8 Å². The van der Waals surface area contributed by atoms with Gasteiger partial charge in [0.1, 0.15) is 5.82 Å². The summed E-state index contributed by atoms with van der Waals surface area (Å²) in [6.07, 6.45) is 5.26. The topological polar surface area (TPSA) is 45.2 Å². The summed E-state index contributed by atoms with van der Waals surface area (Å²) < 4.78 is 13.2. The molecule has 2 heterocycles. The van der Waals surface area contributed by atoms with Crippen LogP contribution in [0.15, 0.2) is 36.7 Å². The monoisotopic (exact) mass is 347 g/mol. The molecule has 1 aliphatic heterocycles. The van der Waals surface area contributed by atoms with Crippen LogP contribution in [0, 0.1) is 11.7 Å². The van der Waals surface area contributed by atoms with E-state index in [0.717, 1.165) is 25.9 Å². The molecule has 2 aromatic rings. The number of nitrogens with one attached hydrogen (secondary N) is 1. The average molecular weight is 348 g/mol. The molecule has 3 rings (SSSR count). The molecule has 0 atom stereocenters. The summed E-state index contributed by atoms with van der Waals surface area (Å²) >= 11 is 5.78. The lowest BCUT2D eigenvalue weighted by molar-refractivity contribution is 0.0697. The van der Waals surface area contributed by atoms with E-state index in [1.54, 1.807) is 24.5 Å². The third-order valence-corrected chi connectivity index (χ3v) is 4.55. The van der Waals surface area contributed by atoms with Crippen molar-refractivity contribution in [2.75, 3.05) is 18.4 Å². The maximum absolute atomic E-state index is 13.2. The Morgan fingerprint density at radius 2 is 2.00 bits per heavy atom. The Kier molecular flexibility index (Phi) is 5.00. The van der Waals surface area contributed by atoms with E-state index in [0.29, 0.717) is 22.9 Å². The maximum atomic E-state index is 13.2. The first kappa shape index (κ1) is 16.7. The Hall–Kier alpha value is -2.14. The van der Waals surface area contributed by atoms with Gasteiger partial charge in [0, 0.05) is 25.0 Å². The first-order chi connectivity index (χ1) is 11.5. The standard InChI is InChI=1S/C18H19ClFN3O/c1-12-4-6-23(7-5-12)18(24)13-8-15(11-21-10-13)22-14-2-3-17(20)16(19)9-14/h2-3,8-12,22H,4-7H2,1H3. The molecular formula is C18H19ClFN3O. The Morgan fingerprint density at radius 1 is 1.25 bits per heavy atom. The number of anilines is 2. The third kappa shape index (κ3) is 3.85. The molecule has 4 nitrogen and oxygen atoms in total. The minimum Gasteiger partial charge on any atom is -0.354 e. The number of hydrogen-bond donors (Lipinski definition) is 1. The lowest BCUT2D eigenvalue weighted by Crippen LogP contribution is -2.37. The fourth-order valence-electron chi connectivity index (χ4n) is 2.76. The van der Waals surface area contributed by atoms with E-state index in [-0.39, 0.29) is 10.9 Å². The molecule has 0 radical (unpaired) electrons. The predicted molar refractivity (Wildman–Crippen MR) is 93.2 cm³/mol. The number of nitrogens with zero attached hydrogens (tertiary/aromatic N) is 2. The van der Waals surface area contributed by atoms with Gasteiger partial charge in [0.2, 0.25) is 0 Å². The van der Waals surface area contributed by atoms with Crippen molar-refractivity contribution in [1.29, 1.82) is 0 Å². The van der Waals surface area contributed by atoms with Crippen LogP contribution in [-0.4, -0.2) is 28.9 Å². The van der Waals surface area contributed by atoms with Crippen molar-refractivity contribution in [1.82, 2.24) is 9.88 Å². The highest BCUT2D eigenvalue weighted by atomic mass is 35.5. The van der Waals surface area contributed by atoms with E-state index in [1.165, 1.54) is 12.1 Å². The van der Waals surface area contributed by atoms with Crippen LogP contribution in [0.1, 0.15) is 30.1 Å². The number of rotatable bonds is 3. The summed E-state index contributed by atoms with van der Waals surface area (Å²) in [7, 11) is 0. The molecule has 1 amide bonds. The second kappa shape index (κ2) is 7.18. The lowest BCUT2D eigenvalue weighted by Gasteiger charge is -2.30. The Bertz CT molecular complexity index is 745. The van der Waals surface area contributed by atoms with Crippen LogP contribution < -0.4 is 5.32 Å². The molecular weight excluding hydrogens is 329 g/mol. The van der Waals surface area contributed by atoms with Gasteiger partial charge in [-0.3, -0.25) is 9.78 Å². The lowest BCUT2D eigenvalue weighted by atomic mass is 9.99. The van der Waals surface area contributed by atoms with Crippen LogP contribution in [0.3, 0.4) is 0 Å². The van der Waals surface area contributed by atoms with E-state index >= 15 is 0 Å². The number of piperidine rings is 1. The van der Waals surface area contributed by atoms with Gasteiger partial charge < -0.3 is 10.2 Å². The smallest absolute Gasteiger partial charge is 0.255 e. The van der Waals surface area contributed by atoms with Crippen molar-refractivity contribution < 1.29 is 9.18 Å². The van der Waals surface area contributed by atoms with Gasteiger partial charge in [0.15, 0.2) is 0 Å². The van der Waals surface area contributed by atoms with Gasteiger partial charge in [-0.25, -0.2) is 4.39 Å². The molecule has 0 bridgehead atoms. The molecule has 1 aliphatic rings. The van der Waals surface area contributed by atoms with Gasteiger partial charge in [0.25, 0.3) is 5.91 Å². The SMILES string of the molecule is CC1CCN(C(=O)c2cncc(Nc3ccc(F)c(Cl)c3)c2)CC1. The van der Waals surface area contributed by atoms with Crippen LogP contribution >= 0.6 is 11.6 Å². The number of halogens is 2. The summed E-state index contributed by atoms with van der Waals surface area (Å²) in [6.45, 7) is 3.78. The Labute approximate surface area is 145 Å². The van der Waals surface area contributed by atoms with Gasteiger partial charge in [-0.05, 0) is 43.0 Å². The zero-order chi connectivity index (χ0) is 17.1. The van der Waals surface area contributed by atoms with E-state index in [1.807, 2.05) is 4.90 Å². The minimum absolute atomic E-state index is 0.00446. The van der Waals surface area contributed by atoms with Crippen molar-refractivity contribution in [3.63, 3.8) is 0 Å². The molecule has 0 spiro atoms. The van der Waals surface area contributed by atoms with Gasteiger partial charge >= 0.3 is 0 Å². The fourth-order valence-corrected chi connectivity index (χ4v) is 2.94. The van der Waals surface area contributed by atoms with Gasteiger partial charge in [-0.1, -0.05) is 18.5 Å². The van der Waals surface area contributed by atoms with E-state index in [4.69, 9.17) is 11.6 Å². The van der Waals surface area contributed by atoms with Crippen molar-refractivity contribution in [2.45, 2.75) is 19.8 Å². The number of carbonyl (C=O) groups excluding carboxylic acids is 1. The zero-order valence-electron chi connectivity index (χ0n) is 13.4. The number of aromatic nitrogens is 1. The molecule has 0 unspecified atom stereocenters. The summed E-state index contributed by atoms with van der Waals surface area (Å²) in [5.41, 5.74) is 1.84.